The first-order valence-corrected chi connectivity index (χ1v) is 10.3. The van der Waals surface area contributed by atoms with Crippen LogP contribution < -0.4 is 10.2 Å². The number of benzene rings is 3. The van der Waals surface area contributed by atoms with Crippen LogP contribution in [0.5, 0.6) is 0 Å². The number of nitrogens with zero attached hydrogens (tertiary/aromatic N) is 2. The first kappa shape index (κ1) is 22.4. The number of hydrogen-bond acceptors (Lipinski definition) is 6. The Morgan fingerprint density at radius 2 is 1.59 bits per heavy atom. The maximum atomic E-state index is 13.1. The molecule has 1 atom stereocenters. The molecule has 9 heteroatoms. The molecule has 3 aromatic rings. The summed E-state index contributed by atoms with van der Waals surface area (Å²) in [5, 5.41) is 24.7. The highest BCUT2D eigenvalue weighted by molar-refractivity contribution is 6.51. The van der Waals surface area contributed by atoms with Crippen LogP contribution in [0.15, 0.2) is 84.4 Å². The van der Waals surface area contributed by atoms with Gasteiger partial charge in [0.2, 0.25) is 5.91 Å². The molecule has 0 bridgehead atoms. The quantitative estimate of drug-likeness (QED) is 0.194. The van der Waals surface area contributed by atoms with Gasteiger partial charge in [-0.25, -0.2) is 0 Å². The summed E-state index contributed by atoms with van der Waals surface area (Å²) in [5.74, 6) is -2.34. The van der Waals surface area contributed by atoms with Crippen molar-refractivity contribution in [2.24, 2.45) is 0 Å². The zero-order valence-corrected chi connectivity index (χ0v) is 18.0. The third kappa shape index (κ3) is 4.14. The molecule has 3 aromatic carbocycles. The Hall–Kier alpha value is -4.79. The van der Waals surface area contributed by atoms with Gasteiger partial charge in [0.1, 0.15) is 5.76 Å². The fourth-order valence-electron chi connectivity index (χ4n) is 3.85. The molecular weight excluding hydrogens is 438 g/mol. The number of aliphatic hydroxyl groups excluding tert-OH is 1. The summed E-state index contributed by atoms with van der Waals surface area (Å²) in [6.45, 7) is 1.37. The van der Waals surface area contributed by atoms with Gasteiger partial charge in [0, 0.05) is 36.0 Å². The summed E-state index contributed by atoms with van der Waals surface area (Å²) in [7, 11) is 0. The molecule has 1 aliphatic heterocycles. The van der Waals surface area contributed by atoms with Crippen molar-refractivity contribution in [2.75, 3.05) is 10.2 Å². The van der Waals surface area contributed by atoms with E-state index in [0.717, 1.165) is 0 Å². The van der Waals surface area contributed by atoms with E-state index in [0.29, 0.717) is 22.5 Å². The first-order chi connectivity index (χ1) is 16.3. The number of aliphatic hydroxyl groups is 1. The highest BCUT2D eigenvalue weighted by Gasteiger charge is 2.47. The van der Waals surface area contributed by atoms with Crippen molar-refractivity contribution in [3.05, 3.63) is 106 Å². The predicted molar refractivity (Wildman–Crippen MR) is 125 cm³/mol. The Morgan fingerprint density at radius 3 is 2.15 bits per heavy atom. The summed E-state index contributed by atoms with van der Waals surface area (Å²) in [6.07, 6.45) is 0. The van der Waals surface area contributed by atoms with Crippen LogP contribution >= 0.6 is 0 Å². The lowest BCUT2D eigenvalue weighted by Gasteiger charge is -2.25. The minimum atomic E-state index is -1.02. The van der Waals surface area contributed by atoms with E-state index in [-0.39, 0.29) is 22.9 Å². The van der Waals surface area contributed by atoms with Gasteiger partial charge in [0.05, 0.1) is 16.5 Å². The SMILES string of the molecule is CC(=O)Nc1ccc(N2C(=O)C(=O)C(=C(O)c3ccccc3)[C@@H]2c2ccc([N+](=O)[O-])cc2)cc1. The number of carbonyl (C=O) groups excluding carboxylic acids is 3. The molecule has 0 aromatic heterocycles. The van der Waals surface area contributed by atoms with Gasteiger partial charge in [0.25, 0.3) is 17.4 Å². The topological polar surface area (TPSA) is 130 Å². The number of ketones is 1. The third-order valence-electron chi connectivity index (χ3n) is 5.38. The lowest BCUT2D eigenvalue weighted by Crippen LogP contribution is -2.29. The van der Waals surface area contributed by atoms with Crippen molar-refractivity contribution in [3.63, 3.8) is 0 Å². The number of amides is 2. The molecule has 0 spiro atoms. The minimum Gasteiger partial charge on any atom is -0.507 e. The van der Waals surface area contributed by atoms with E-state index in [1.54, 1.807) is 54.6 Å². The molecule has 2 N–H and O–H groups in total. The Labute approximate surface area is 194 Å². The zero-order valence-electron chi connectivity index (χ0n) is 18.0. The van der Waals surface area contributed by atoms with Crippen LogP contribution in [0.4, 0.5) is 17.1 Å². The maximum Gasteiger partial charge on any atom is 0.300 e. The van der Waals surface area contributed by atoms with E-state index in [1.165, 1.54) is 36.1 Å². The number of carbonyl (C=O) groups is 3. The van der Waals surface area contributed by atoms with Crippen molar-refractivity contribution in [2.45, 2.75) is 13.0 Å². The van der Waals surface area contributed by atoms with E-state index in [2.05, 4.69) is 5.32 Å². The highest BCUT2D eigenvalue weighted by atomic mass is 16.6. The molecule has 1 fully saturated rings. The number of non-ortho nitro benzene ring substituents is 1. The van der Waals surface area contributed by atoms with Gasteiger partial charge >= 0.3 is 0 Å². The van der Waals surface area contributed by atoms with Gasteiger partial charge in [-0.1, -0.05) is 30.3 Å². The Kier molecular flexibility index (Phi) is 5.92. The van der Waals surface area contributed by atoms with E-state index in [1.807, 2.05) is 0 Å². The summed E-state index contributed by atoms with van der Waals surface area (Å²) in [6, 6.07) is 19.1. The number of Topliss-reactive ketones (excluding diaryl/α,β-unsaturated/α-hetero) is 1. The van der Waals surface area contributed by atoms with Crippen LogP contribution in [-0.4, -0.2) is 27.6 Å². The molecule has 1 heterocycles. The molecule has 0 saturated carbocycles. The summed E-state index contributed by atoms with van der Waals surface area (Å²) in [4.78, 5) is 49.3. The molecule has 170 valence electrons. The predicted octanol–water partition coefficient (Wildman–Crippen LogP) is 4.18. The van der Waals surface area contributed by atoms with E-state index >= 15 is 0 Å². The largest absolute Gasteiger partial charge is 0.507 e. The smallest absolute Gasteiger partial charge is 0.300 e. The van der Waals surface area contributed by atoms with Gasteiger partial charge < -0.3 is 10.4 Å². The van der Waals surface area contributed by atoms with Crippen LogP contribution in [0.2, 0.25) is 0 Å². The van der Waals surface area contributed by atoms with Crippen LogP contribution in [0.1, 0.15) is 24.1 Å². The standard InChI is InChI=1S/C25H19N3O6/c1-15(29)26-18-9-13-19(14-10-18)27-22(16-7-11-20(12-8-16)28(33)34)21(24(31)25(27)32)23(30)17-5-3-2-4-6-17/h2-14,22,30H,1H3,(H,26,29)/t22-/m0/s1. The van der Waals surface area contributed by atoms with Crippen molar-refractivity contribution >= 4 is 40.4 Å². The number of hydrogen-bond donors (Lipinski definition) is 2. The van der Waals surface area contributed by atoms with E-state index in [4.69, 9.17) is 0 Å². The highest BCUT2D eigenvalue weighted by Crippen LogP contribution is 2.42. The summed E-state index contributed by atoms with van der Waals surface area (Å²) < 4.78 is 0. The second-order valence-electron chi connectivity index (χ2n) is 7.61. The number of anilines is 2. The average molecular weight is 457 g/mol. The van der Waals surface area contributed by atoms with Crippen LogP contribution in [0.25, 0.3) is 5.76 Å². The van der Waals surface area contributed by atoms with Crippen molar-refractivity contribution in [1.82, 2.24) is 0 Å². The molecule has 0 aliphatic carbocycles. The van der Waals surface area contributed by atoms with E-state index < -0.39 is 22.7 Å². The maximum absolute atomic E-state index is 13.1. The number of nitro groups is 1. The van der Waals surface area contributed by atoms with Crippen LogP contribution in [0, 0.1) is 10.1 Å². The summed E-state index contributed by atoms with van der Waals surface area (Å²) in [5.41, 5.74) is 1.34. The minimum absolute atomic E-state index is 0.129. The molecule has 0 unspecified atom stereocenters. The van der Waals surface area contributed by atoms with Crippen molar-refractivity contribution < 1.29 is 24.4 Å². The third-order valence-corrected chi connectivity index (χ3v) is 5.38. The molecule has 1 aliphatic rings. The Morgan fingerprint density at radius 1 is 0.971 bits per heavy atom. The molecule has 9 nitrogen and oxygen atoms in total. The van der Waals surface area contributed by atoms with Crippen LogP contribution in [0.3, 0.4) is 0 Å². The number of nitro benzene ring substituents is 1. The normalized spacial score (nSPS) is 17.0. The average Bonchev–Trinajstić information content (AvgIpc) is 3.10. The molecule has 0 radical (unpaired) electrons. The molecule has 34 heavy (non-hydrogen) atoms. The van der Waals surface area contributed by atoms with Gasteiger partial charge in [0.15, 0.2) is 0 Å². The molecular formula is C25H19N3O6. The van der Waals surface area contributed by atoms with Crippen molar-refractivity contribution in [3.8, 4) is 0 Å². The zero-order chi connectivity index (χ0) is 24.4. The molecule has 2 amide bonds. The fraction of sp³-hybridized carbons (Fsp3) is 0.0800. The number of rotatable bonds is 5. The van der Waals surface area contributed by atoms with Gasteiger partial charge in [-0.3, -0.25) is 29.4 Å². The number of nitrogens with one attached hydrogen (secondary N) is 1. The Bertz CT molecular complexity index is 1320. The lowest BCUT2D eigenvalue weighted by atomic mass is 9.95. The van der Waals surface area contributed by atoms with E-state index in [9.17, 15) is 29.6 Å². The first-order valence-electron chi connectivity index (χ1n) is 10.3. The van der Waals surface area contributed by atoms with Gasteiger partial charge in [-0.2, -0.15) is 0 Å². The lowest BCUT2D eigenvalue weighted by molar-refractivity contribution is -0.384. The Balaban J connectivity index is 1.87. The summed E-state index contributed by atoms with van der Waals surface area (Å²) >= 11 is 0. The van der Waals surface area contributed by atoms with Crippen molar-refractivity contribution in [1.29, 1.82) is 0 Å². The monoisotopic (exact) mass is 457 g/mol. The molecule has 4 rings (SSSR count). The van der Waals surface area contributed by atoms with Gasteiger partial charge in [-0.15, -0.1) is 0 Å². The van der Waals surface area contributed by atoms with Gasteiger partial charge in [-0.05, 0) is 42.0 Å². The fourth-order valence-corrected chi connectivity index (χ4v) is 3.85. The molecule has 1 saturated heterocycles. The second-order valence-corrected chi connectivity index (χ2v) is 7.61. The van der Waals surface area contributed by atoms with Crippen LogP contribution in [-0.2, 0) is 14.4 Å². The second kappa shape index (κ2) is 8.99.